The third-order valence-corrected chi connectivity index (χ3v) is 4.86. The zero-order valence-electron chi connectivity index (χ0n) is 15.1. The number of hydrogen-bond acceptors (Lipinski definition) is 5. The molecule has 1 atom stereocenters. The molecular formula is C18H19F2N3O5. The molecule has 1 aromatic carbocycles. The second-order valence-electron chi connectivity index (χ2n) is 6.86. The number of carbonyl (C=O) groups excluding carboxylic acids is 4. The number of carbonyl (C=O) groups is 4. The van der Waals surface area contributed by atoms with Gasteiger partial charge < -0.3 is 15.4 Å². The summed E-state index contributed by atoms with van der Waals surface area (Å²) in [4.78, 5) is 49.4. The van der Waals surface area contributed by atoms with Crippen LogP contribution in [-0.4, -0.2) is 46.9 Å². The molecule has 1 saturated carbocycles. The Kier molecular flexibility index (Phi) is 5.30. The molecule has 1 heterocycles. The summed E-state index contributed by atoms with van der Waals surface area (Å²) < 4.78 is 31.4. The molecule has 1 saturated heterocycles. The van der Waals surface area contributed by atoms with Gasteiger partial charge in [0.05, 0.1) is 5.69 Å². The van der Waals surface area contributed by atoms with Gasteiger partial charge in [-0.3, -0.25) is 19.3 Å². The van der Waals surface area contributed by atoms with Crippen molar-refractivity contribution in [2.24, 2.45) is 0 Å². The summed E-state index contributed by atoms with van der Waals surface area (Å²) in [5.74, 6) is -4.06. The van der Waals surface area contributed by atoms with E-state index in [0.717, 1.165) is 29.9 Å². The van der Waals surface area contributed by atoms with E-state index >= 15 is 0 Å². The lowest BCUT2D eigenvalue weighted by Gasteiger charge is -2.20. The Morgan fingerprint density at radius 3 is 2.61 bits per heavy atom. The number of imide groups is 1. The van der Waals surface area contributed by atoms with Gasteiger partial charge in [0.2, 0.25) is 0 Å². The minimum absolute atomic E-state index is 0.272. The quantitative estimate of drug-likeness (QED) is 0.583. The fraction of sp³-hybridized carbons (Fsp3) is 0.444. The van der Waals surface area contributed by atoms with Crippen molar-refractivity contribution in [2.45, 2.75) is 44.2 Å². The highest BCUT2D eigenvalue weighted by atomic mass is 19.1. The summed E-state index contributed by atoms with van der Waals surface area (Å²) in [5, 5.41) is 4.81. The van der Waals surface area contributed by atoms with Crippen molar-refractivity contribution in [3.05, 3.63) is 29.8 Å². The van der Waals surface area contributed by atoms with Gasteiger partial charge >= 0.3 is 12.0 Å². The van der Waals surface area contributed by atoms with E-state index in [4.69, 9.17) is 4.74 Å². The Morgan fingerprint density at radius 1 is 1.29 bits per heavy atom. The lowest BCUT2D eigenvalue weighted by Crippen LogP contribution is -2.44. The highest BCUT2D eigenvalue weighted by Crippen LogP contribution is 2.34. The summed E-state index contributed by atoms with van der Waals surface area (Å²) >= 11 is 0. The number of nitrogens with one attached hydrogen (secondary N) is 2. The fourth-order valence-corrected chi connectivity index (χ4v) is 3.38. The average molecular weight is 395 g/mol. The van der Waals surface area contributed by atoms with Gasteiger partial charge in [-0.2, -0.15) is 0 Å². The zero-order chi connectivity index (χ0) is 20.5. The second-order valence-corrected chi connectivity index (χ2v) is 6.86. The van der Waals surface area contributed by atoms with E-state index in [2.05, 4.69) is 10.6 Å². The van der Waals surface area contributed by atoms with E-state index < -0.39 is 53.6 Å². The Hall–Kier alpha value is -3.04. The first-order valence-electron chi connectivity index (χ1n) is 8.81. The van der Waals surface area contributed by atoms with Gasteiger partial charge in [-0.15, -0.1) is 0 Å². The molecule has 1 aliphatic carbocycles. The van der Waals surface area contributed by atoms with Crippen LogP contribution in [0.2, 0.25) is 0 Å². The molecule has 0 bridgehead atoms. The Bertz CT molecular complexity index is 839. The molecule has 28 heavy (non-hydrogen) atoms. The van der Waals surface area contributed by atoms with E-state index in [1.165, 1.54) is 6.92 Å². The van der Waals surface area contributed by atoms with Crippen LogP contribution in [-0.2, 0) is 19.1 Å². The summed E-state index contributed by atoms with van der Waals surface area (Å²) in [5.41, 5.74) is -1.22. The van der Waals surface area contributed by atoms with Gasteiger partial charge in [0.1, 0.15) is 23.7 Å². The van der Waals surface area contributed by atoms with E-state index in [9.17, 15) is 28.0 Å². The number of urea groups is 1. The molecule has 2 aliphatic rings. The Labute approximate surface area is 159 Å². The van der Waals surface area contributed by atoms with Gasteiger partial charge in [-0.25, -0.2) is 13.6 Å². The predicted octanol–water partition coefficient (Wildman–Crippen LogP) is 1.70. The van der Waals surface area contributed by atoms with Crippen LogP contribution in [0, 0.1) is 11.6 Å². The molecule has 8 nitrogen and oxygen atoms in total. The molecule has 4 amide bonds. The Balaban J connectivity index is 1.56. The minimum atomic E-state index is -1.32. The van der Waals surface area contributed by atoms with Gasteiger partial charge in [0.15, 0.2) is 6.10 Å². The van der Waals surface area contributed by atoms with Crippen LogP contribution in [0.15, 0.2) is 18.2 Å². The topological polar surface area (TPSA) is 105 Å². The summed E-state index contributed by atoms with van der Waals surface area (Å²) in [7, 11) is 0. The monoisotopic (exact) mass is 395 g/mol. The maximum Gasteiger partial charge on any atom is 0.327 e. The first kappa shape index (κ1) is 19.7. The maximum absolute atomic E-state index is 13.6. The van der Waals surface area contributed by atoms with Crippen molar-refractivity contribution in [1.82, 2.24) is 10.2 Å². The number of hydrogen-bond donors (Lipinski definition) is 2. The molecule has 3 rings (SSSR count). The number of benzene rings is 1. The summed E-state index contributed by atoms with van der Waals surface area (Å²) in [6.45, 7) is 0.619. The molecule has 0 aromatic heterocycles. The van der Waals surface area contributed by atoms with Crippen LogP contribution in [0.4, 0.5) is 19.3 Å². The van der Waals surface area contributed by atoms with E-state index in [1.54, 1.807) is 0 Å². The number of ether oxygens (including phenoxy) is 1. The van der Waals surface area contributed by atoms with Crippen LogP contribution in [0.25, 0.3) is 0 Å². The number of amides is 4. The van der Waals surface area contributed by atoms with Crippen molar-refractivity contribution < 1.29 is 32.7 Å². The lowest BCUT2D eigenvalue weighted by atomic mass is 9.98. The van der Waals surface area contributed by atoms with Crippen LogP contribution < -0.4 is 10.6 Å². The molecule has 2 fully saturated rings. The van der Waals surface area contributed by atoms with Crippen molar-refractivity contribution in [2.75, 3.05) is 11.9 Å². The average Bonchev–Trinajstić information content (AvgIpc) is 3.18. The predicted molar refractivity (Wildman–Crippen MR) is 92.0 cm³/mol. The highest BCUT2D eigenvalue weighted by molar-refractivity contribution is 6.09. The van der Waals surface area contributed by atoms with Crippen molar-refractivity contribution in [3.63, 3.8) is 0 Å². The van der Waals surface area contributed by atoms with Crippen LogP contribution in [0.1, 0.15) is 32.6 Å². The molecule has 1 aliphatic heterocycles. The van der Waals surface area contributed by atoms with Crippen LogP contribution in [0.5, 0.6) is 0 Å². The number of esters is 1. The lowest BCUT2D eigenvalue weighted by molar-refractivity contribution is -0.155. The molecule has 0 unspecified atom stereocenters. The smallest absolute Gasteiger partial charge is 0.327 e. The molecule has 0 radical (unpaired) electrons. The van der Waals surface area contributed by atoms with Crippen molar-refractivity contribution in [3.8, 4) is 0 Å². The summed E-state index contributed by atoms with van der Waals surface area (Å²) in [6.07, 6.45) is 1.33. The first-order valence-corrected chi connectivity index (χ1v) is 8.81. The summed E-state index contributed by atoms with van der Waals surface area (Å²) in [6, 6.07) is 1.93. The first-order chi connectivity index (χ1) is 13.2. The maximum atomic E-state index is 13.6. The van der Waals surface area contributed by atoms with E-state index in [-0.39, 0.29) is 5.69 Å². The molecule has 150 valence electrons. The zero-order valence-corrected chi connectivity index (χ0v) is 15.1. The molecule has 10 heteroatoms. The SMILES string of the molecule is C[C@H](OC(=O)CN1C(=O)NC2(CCCC2)C1=O)C(=O)Nc1ccc(F)cc1F. The van der Waals surface area contributed by atoms with Crippen LogP contribution >= 0.6 is 0 Å². The van der Waals surface area contributed by atoms with Gasteiger partial charge in [-0.05, 0) is 31.9 Å². The normalized spacial score (nSPS) is 18.9. The van der Waals surface area contributed by atoms with Crippen molar-refractivity contribution in [1.29, 1.82) is 0 Å². The number of nitrogens with zero attached hydrogens (tertiary/aromatic N) is 1. The van der Waals surface area contributed by atoms with Gasteiger partial charge in [0.25, 0.3) is 11.8 Å². The third kappa shape index (κ3) is 3.80. The second kappa shape index (κ2) is 7.53. The van der Waals surface area contributed by atoms with E-state index in [0.29, 0.717) is 18.9 Å². The number of halogens is 2. The van der Waals surface area contributed by atoms with Gasteiger partial charge in [0, 0.05) is 6.07 Å². The number of rotatable bonds is 5. The number of anilines is 1. The largest absolute Gasteiger partial charge is 0.451 e. The molecule has 2 N–H and O–H groups in total. The minimum Gasteiger partial charge on any atom is -0.451 e. The third-order valence-electron chi connectivity index (χ3n) is 4.86. The van der Waals surface area contributed by atoms with E-state index in [1.807, 2.05) is 0 Å². The van der Waals surface area contributed by atoms with Crippen molar-refractivity contribution >= 4 is 29.5 Å². The molecule has 1 spiro atoms. The Morgan fingerprint density at radius 2 is 1.96 bits per heavy atom. The molecule has 1 aromatic rings. The standard InChI is InChI=1S/C18H19F2N3O5/c1-10(15(25)21-13-5-4-11(19)8-12(13)20)28-14(24)9-23-16(26)18(22-17(23)27)6-2-3-7-18/h4-5,8,10H,2-3,6-7,9H2,1H3,(H,21,25)(H,22,27)/t10-/m0/s1. The fourth-order valence-electron chi connectivity index (χ4n) is 3.38. The highest BCUT2D eigenvalue weighted by Gasteiger charge is 2.52. The van der Waals surface area contributed by atoms with Crippen LogP contribution in [0.3, 0.4) is 0 Å². The van der Waals surface area contributed by atoms with Gasteiger partial charge in [-0.1, -0.05) is 12.8 Å². The molecular weight excluding hydrogens is 376 g/mol.